The smallest absolute Gasteiger partial charge is 0.257 e. The highest BCUT2D eigenvalue weighted by Gasteiger charge is 2.25. The molecule has 2 atom stereocenters. The lowest BCUT2D eigenvalue weighted by Gasteiger charge is -2.37. The number of hydrogen-bond donors (Lipinski definition) is 0. The zero-order valence-electron chi connectivity index (χ0n) is 22.5. The third-order valence-electron chi connectivity index (χ3n) is 7.90. The Morgan fingerprint density at radius 1 is 1.03 bits per heavy atom. The lowest BCUT2D eigenvalue weighted by Crippen LogP contribution is -2.48. The van der Waals surface area contributed by atoms with E-state index in [2.05, 4.69) is 47.9 Å². The molecule has 2 aliphatic heterocycles. The number of carbonyl (C=O) groups is 1. The van der Waals surface area contributed by atoms with Crippen LogP contribution in [0.5, 0.6) is 11.5 Å². The minimum atomic E-state index is 0.0445. The van der Waals surface area contributed by atoms with Crippen LogP contribution in [0.1, 0.15) is 55.5 Å². The van der Waals surface area contributed by atoms with E-state index in [0.29, 0.717) is 30.4 Å². The number of likely N-dealkylation sites (tertiary alicyclic amines) is 1. The van der Waals surface area contributed by atoms with Crippen LogP contribution in [-0.2, 0) is 0 Å². The summed E-state index contributed by atoms with van der Waals surface area (Å²) in [5, 5.41) is 0. The number of nitrogens with zero attached hydrogens (tertiary/aromatic N) is 3. The van der Waals surface area contributed by atoms with Crippen LogP contribution in [0.25, 0.3) is 0 Å². The fourth-order valence-electron chi connectivity index (χ4n) is 5.45. The zero-order valence-corrected chi connectivity index (χ0v) is 22.5. The number of ether oxygens (including phenoxy) is 2. The maximum atomic E-state index is 13.1. The average Bonchev–Trinajstić information content (AvgIpc) is 2.92. The Morgan fingerprint density at radius 3 is 2.47 bits per heavy atom. The number of hydrogen-bond acceptors (Lipinski definition) is 5. The Bertz CT molecular complexity index is 985. The van der Waals surface area contributed by atoms with Crippen molar-refractivity contribution < 1.29 is 14.3 Å². The topological polar surface area (TPSA) is 45.2 Å². The number of methoxy groups -OCH3 is 1. The summed E-state index contributed by atoms with van der Waals surface area (Å²) >= 11 is 0. The summed E-state index contributed by atoms with van der Waals surface area (Å²) < 4.78 is 11.5. The minimum absolute atomic E-state index is 0.0445. The van der Waals surface area contributed by atoms with Gasteiger partial charge in [0, 0.05) is 51.0 Å². The Hall–Kier alpha value is -2.73. The molecule has 2 saturated heterocycles. The van der Waals surface area contributed by atoms with Crippen LogP contribution in [0.15, 0.2) is 42.5 Å². The first kappa shape index (κ1) is 26.3. The molecule has 2 aromatic carbocycles. The van der Waals surface area contributed by atoms with Gasteiger partial charge in [-0.2, -0.15) is 0 Å². The van der Waals surface area contributed by atoms with E-state index >= 15 is 0 Å². The van der Waals surface area contributed by atoms with Gasteiger partial charge in [0.1, 0.15) is 11.5 Å². The molecule has 36 heavy (non-hydrogen) atoms. The van der Waals surface area contributed by atoms with E-state index in [9.17, 15) is 4.79 Å². The van der Waals surface area contributed by atoms with Crippen molar-refractivity contribution >= 4 is 11.6 Å². The van der Waals surface area contributed by atoms with Crippen molar-refractivity contribution in [3.63, 3.8) is 0 Å². The predicted molar refractivity (Wildman–Crippen MR) is 146 cm³/mol. The Labute approximate surface area is 217 Å². The number of rotatable bonds is 9. The van der Waals surface area contributed by atoms with Gasteiger partial charge in [-0.15, -0.1) is 0 Å². The van der Waals surface area contributed by atoms with Gasteiger partial charge in [0.2, 0.25) is 0 Å². The summed E-state index contributed by atoms with van der Waals surface area (Å²) in [6, 6.07) is 14.9. The molecule has 0 N–H and O–H groups in total. The van der Waals surface area contributed by atoms with Crippen LogP contribution in [0.4, 0.5) is 5.69 Å². The average molecular weight is 494 g/mol. The second kappa shape index (κ2) is 12.5. The predicted octanol–water partition coefficient (Wildman–Crippen LogP) is 5.25. The second-order valence-electron chi connectivity index (χ2n) is 10.4. The Balaban J connectivity index is 1.22. The van der Waals surface area contributed by atoms with Crippen LogP contribution in [0.3, 0.4) is 0 Å². The monoisotopic (exact) mass is 493 g/mol. The molecular formula is C30H43N3O3. The van der Waals surface area contributed by atoms with Crippen LogP contribution in [0.2, 0.25) is 0 Å². The van der Waals surface area contributed by atoms with Gasteiger partial charge in [0.25, 0.3) is 5.91 Å². The summed E-state index contributed by atoms with van der Waals surface area (Å²) in [4.78, 5) is 20.0. The van der Waals surface area contributed by atoms with Gasteiger partial charge in [-0.1, -0.05) is 25.0 Å². The Kier molecular flexibility index (Phi) is 9.13. The van der Waals surface area contributed by atoms with E-state index in [1.165, 1.54) is 31.5 Å². The van der Waals surface area contributed by atoms with Crippen molar-refractivity contribution in [3.8, 4) is 11.5 Å². The molecule has 0 saturated carbocycles. The normalized spacial score (nSPS) is 20.9. The van der Waals surface area contributed by atoms with Gasteiger partial charge in [-0.3, -0.25) is 4.79 Å². The van der Waals surface area contributed by atoms with Crippen molar-refractivity contribution in [2.75, 3.05) is 57.9 Å². The maximum Gasteiger partial charge on any atom is 0.257 e. The number of aryl methyl sites for hydroxylation is 1. The van der Waals surface area contributed by atoms with Crippen molar-refractivity contribution in [1.29, 1.82) is 0 Å². The third kappa shape index (κ3) is 6.52. The van der Waals surface area contributed by atoms with Crippen molar-refractivity contribution in [1.82, 2.24) is 9.80 Å². The number of anilines is 1. The summed E-state index contributed by atoms with van der Waals surface area (Å²) in [5.74, 6) is 2.47. The number of piperidine rings is 1. The van der Waals surface area contributed by atoms with E-state index in [0.717, 1.165) is 49.9 Å². The van der Waals surface area contributed by atoms with Gasteiger partial charge in [0.05, 0.1) is 19.3 Å². The van der Waals surface area contributed by atoms with Gasteiger partial charge < -0.3 is 24.2 Å². The fourth-order valence-corrected chi connectivity index (χ4v) is 5.45. The third-order valence-corrected chi connectivity index (χ3v) is 7.90. The maximum absolute atomic E-state index is 13.1. The molecule has 2 heterocycles. The van der Waals surface area contributed by atoms with E-state index < -0.39 is 0 Å². The van der Waals surface area contributed by atoms with Gasteiger partial charge >= 0.3 is 0 Å². The van der Waals surface area contributed by atoms with E-state index in [-0.39, 0.29) is 5.91 Å². The lowest BCUT2D eigenvalue weighted by molar-refractivity contribution is 0.0743. The number of amides is 1. The van der Waals surface area contributed by atoms with Gasteiger partial charge in [0.15, 0.2) is 0 Å². The van der Waals surface area contributed by atoms with Crippen molar-refractivity contribution in [2.45, 2.75) is 52.5 Å². The molecule has 0 spiro atoms. The molecule has 1 amide bonds. The molecule has 2 aromatic rings. The largest absolute Gasteiger partial charge is 0.496 e. The minimum Gasteiger partial charge on any atom is -0.496 e. The zero-order chi connectivity index (χ0) is 25.5. The fraction of sp³-hybridized carbons (Fsp3) is 0.567. The van der Waals surface area contributed by atoms with Gasteiger partial charge in [-0.25, -0.2) is 0 Å². The standard InChI is InChI=1S/C30H43N3O3/c1-5-25-9-8-24(3)33(22-25)15-6-20-36-27-12-10-26(11-13-27)31-16-18-32(19-17-31)30(34)28-21-23(2)7-14-29(28)35-4/h7,10-14,21,24-25H,5-6,8-9,15-20,22H2,1-4H3. The Morgan fingerprint density at radius 2 is 1.78 bits per heavy atom. The molecular weight excluding hydrogens is 450 g/mol. The van der Waals surface area contributed by atoms with Gasteiger partial charge in [-0.05, 0) is 75.4 Å². The van der Waals surface area contributed by atoms with Crippen molar-refractivity contribution in [2.24, 2.45) is 5.92 Å². The quantitative estimate of drug-likeness (QED) is 0.447. The molecule has 4 rings (SSSR count). The molecule has 2 unspecified atom stereocenters. The van der Waals surface area contributed by atoms with Crippen LogP contribution in [0, 0.1) is 12.8 Å². The molecule has 0 aromatic heterocycles. The first-order chi connectivity index (χ1) is 17.5. The molecule has 0 aliphatic carbocycles. The van der Waals surface area contributed by atoms with E-state index in [4.69, 9.17) is 9.47 Å². The summed E-state index contributed by atoms with van der Waals surface area (Å²) in [5.41, 5.74) is 2.88. The van der Waals surface area contributed by atoms with E-state index in [1.54, 1.807) is 7.11 Å². The molecule has 196 valence electrons. The number of carbonyl (C=O) groups excluding carboxylic acids is 1. The van der Waals surface area contributed by atoms with Crippen LogP contribution in [-0.4, -0.2) is 74.7 Å². The SMILES string of the molecule is CCC1CCC(C)N(CCCOc2ccc(N3CCN(C(=O)c4cc(C)ccc4OC)CC3)cc2)C1. The summed E-state index contributed by atoms with van der Waals surface area (Å²) in [6.07, 6.45) is 5.05. The molecule has 2 aliphatic rings. The summed E-state index contributed by atoms with van der Waals surface area (Å²) in [7, 11) is 1.61. The van der Waals surface area contributed by atoms with Crippen molar-refractivity contribution in [3.05, 3.63) is 53.6 Å². The molecule has 0 bridgehead atoms. The number of benzene rings is 2. The first-order valence-corrected chi connectivity index (χ1v) is 13.6. The van der Waals surface area contributed by atoms with Crippen LogP contribution < -0.4 is 14.4 Å². The second-order valence-corrected chi connectivity index (χ2v) is 10.4. The van der Waals surface area contributed by atoms with E-state index in [1.807, 2.05) is 30.0 Å². The highest BCUT2D eigenvalue weighted by atomic mass is 16.5. The highest BCUT2D eigenvalue weighted by Crippen LogP contribution is 2.26. The first-order valence-electron chi connectivity index (χ1n) is 13.6. The highest BCUT2D eigenvalue weighted by molar-refractivity contribution is 5.97. The molecule has 6 heteroatoms. The molecule has 0 radical (unpaired) electrons. The number of piperazine rings is 1. The molecule has 6 nitrogen and oxygen atoms in total. The molecule has 2 fully saturated rings. The summed E-state index contributed by atoms with van der Waals surface area (Å²) in [6.45, 7) is 12.8. The lowest BCUT2D eigenvalue weighted by atomic mass is 9.91. The van der Waals surface area contributed by atoms with Crippen LogP contribution >= 0.6 is 0 Å².